The summed E-state index contributed by atoms with van der Waals surface area (Å²) in [5, 5.41) is 2.93. The number of carbonyl (C=O) groups excluding carboxylic acids is 1. The number of halogens is 1. The van der Waals surface area contributed by atoms with Crippen LogP contribution in [-0.4, -0.2) is 31.2 Å². The number of alkyl halides is 1. The molecule has 0 bridgehead atoms. The van der Waals surface area contributed by atoms with Crippen molar-refractivity contribution in [2.45, 2.75) is 24.9 Å². The minimum atomic E-state index is -1.73. The Kier molecular flexibility index (Phi) is 2.63. The molecular weight excluding hydrogens is 231 g/mol. The normalized spacial score (nSPS) is 30.6. The molecule has 0 spiro atoms. The monoisotopic (exact) mass is 248 g/mol. The number of benzene rings is 1. The summed E-state index contributed by atoms with van der Waals surface area (Å²) in [5.41, 5.74) is 0.288. The predicted octanol–water partition coefficient (Wildman–Crippen LogP) is 1.84. The summed E-state index contributed by atoms with van der Waals surface area (Å²) in [4.78, 5) is 14.0. The Balaban J connectivity index is 1.93. The van der Waals surface area contributed by atoms with E-state index in [1.807, 2.05) is 24.3 Å². The first-order valence-corrected chi connectivity index (χ1v) is 6.42. The van der Waals surface area contributed by atoms with Gasteiger partial charge in [0.05, 0.1) is 0 Å². The molecule has 1 aromatic rings. The lowest BCUT2D eigenvalue weighted by atomic mass is 10.0. The van der Waals surface area contributed by atoms with Gasteiger partial charge < -0.3 is 10.2 Å². The van der Waals surface area contributed by atoms with E-state index in [-0.39, 0.29) is 24.8 Å². The number of fused-ring (bicyclic) bond motifs is 1. The smallest absolute Gasteiger partial charge is 0.266 e. The lowest BCUT2D eigenvalue weighted by Gasteiger charge is -2.25. The van der Waals surface area contributed by atoms with Gasteiger partial charge in [0.15, 0.2) is 0 Å². The highest BCUT2D eigenvalue weighted by Crippen LogP contribution is 2.38. The van der Waals surface area contributed by atoms with E-state index in [0.717, 1.165) is 11.3 Å². The topological polar surface area (TPSA) is 32.3 Å². The number of carbonyl (C=O) groups is 1. The van der Waals surface area contributed by atoms with E-state index < -0.39 is 5.67 Å². The number of anilines is 1. The summed E-state index contributed by atoms with van der Waals surface area (Å²) in [6.45, 7) is 3.37. The second-order valence-corrected chi connectivity index (χ2v) is 5.27. The summed E-state index contributed by atoms with van der Waals surface area (Å²) >= 11 is 0. The fourth-order valence-electron chi connectivity index (χ4n) is 2.90. The number of para-hydroxylation sites is 1. The van der Waals surface area contributed by atoms with Gasteiger partial charge in [-0.15, -0.1) is 0 Å². The molecule has 18 heavy (non-hydrogen) atoms. The first-order valence-electron chi connectivity index (χ1n) is 6.42. The van der Waals surface area contributed by atoms with Gasteiger partial charge in [-0.05, 0) is 18.2 Å². The van der Waals surface area contributed by atoms with Crippen LogP contribution in [0.5, 0.6) is 0 Å². The van der Waals surface area contributed by atoms with Crippen LogP contribution in [0.15, 0.2) is 24.3 Å². The van der Waals surface area contributed by atoms with Crippen molar-refractivity contribution in [2.24, 2.45) is 0 Å². The lowest BCUT2D eigenvalue weighted by Crippen LogP contribution is -2.47. The van der Waals surface area contributed by atoms with E-state index in [0.29, 0.717) is 13.1 Å². The Morgan fingerprint density at radius 1 is 1.50 bits per heavy atom. The van der Waals surface area contributed by atoms with Gasteiger partial charge in [0.2, 0.25) is 5.67 Å². The molecule has 0 saturated carbocycles. The Morgan fingerprint density at radius 2 is 2.28 bits per heavy atom. The van der Waals surface area contributed by atoms with Crippen LogP contribution in [-0.2, 0) is 4.79 Å². The standard InChI is InChI=1S/C14H17FN2O/c1-10-8-17(12-5-3-2-4-11(10)12)13(18)14(15)6-7-16-9-14/h2-5,10,16H,6-9H2,1H3/t10-,14+/m1/s1. The molecule has 1 amide bonds. The third-order valence-electron chi connectivity index (χ3n) is 3.95. The summed E-state index contributed by atoms with van der Waals surface area (Å²) in [6, 6.07) is 7.79. The van der Waals surface area contributed by atoms with E-state index in [1.54, 1.807) is 4.90 Å². The summed E-state index contributed by atoms with van der Waals surface area (Å²) in [5.74, 6) is -0.104. The minimum absolute atomic E-state index is 0.138. The number of amides is 1. The average molecular weight is 248 g/mol. The molecule has 96 valence electrons. The third kappa shape index (κ3) is 1.63. The summed E-state index contributed by atoms with van der Waals surface area (Å²) in [6.07, 6.45) is 0.277. The van der Waals surface area contributed by atoms with Crippen molar-refractivity contribution in [3.63, 3.8) is 0 Å². The second-order valence-electron chi connectivity index (χ2n) is 5.27. The molecule has 0 aromatic heterocycles. The molecule has 3 nitrogen and oxygen atoms in total. The zero-order valence-electron chi connectivity index (χ0n) is 10.4. The highest BCUT2D eigenvalue weighted by atomic mass is 19.1. The van der Waals surface area contributed by atoms with Gasteiger partial charge in [0, 0.05) is 31.1 Å². The SMILES string of the molecule is C[C@@H]1CN(C(=O)[C@]2(F)CCNC2)c2ccccc21. The first kappa shape index (κ1) is 11.7. The van der Waals surface area contributed by atoms with Gasteiger partial charge in [-0.25, -0.2) is 4.39 Å². The fraction of sp³-hybridized carbons (Fsp3) is 0.500. The molecular formula is C14H17FN2O. The van der Waals surface area contributed by atoms with E-state index in [2.05, 4.69) is 12.2 Å². The average Bonchev–Trinajstić information content (AvgIpc) is 2.95. The number of nitrogens with one attached hydrogen (secondary N) is 1. The lowest BCUT2D eigenvalue weighted by molar-refractivity contribution is -0.128. The van der Waals surface area contributed by atoms with Gasteiger partial charge in [-0.3, -0.25) is 4.79 Å². The van der Waals surface area contributed by atoms with Crippen molar-refractivity contribution in [2.75, 3.05) is 24.5 Å². The van der Waals surface area contributed by atoms with Crippen molar-refractivity contribution < 1.29 is 9.18 Å². The van der Waals surface area contributed by atoms with Crippen molar-refractivity contribution in [3.05, 3.63) is 29.8 Å². The number of rotatable bonds is 1. The van der Waals surface area contributed by atoms with E-state index in [4.69, 9.17) is 0 Å². The highest BCUT2D eigenvalue weighted by molar-refractivity contribution is 6.01. The number of nitrogens with zero attached hydrogens (tertiary/aromatic N) is 1. The van der Waals surface area contributed by atoms with Crippen LogP contribution in [0.3, 0.4) is 0 Å². The number of hydrogen-bond donors (Lipinski definition) is 1. The Bertz CT molecular complexity index is 482. The van der Waals surface area contributed by atoms with Crippen LogP contribution in [0.4, 0.5) is 10.1 Å². The van der Waals surface area contributed by atoms with E-state index in [1.165, 1.54) is 0 Å². The Morgan fingerprint density at radius 3 is 3.00 bits per heavy atom. The molecule has 1 fully saturated rings. The zero-order valence-corrected chi connectivity index (χ0v) is 10.4. The predicted molar refractivity (Wildman–Crippen MR) is 68.5 cm³/mol. The fourth-order valence-corrected chi connectivity index (χ4v) is 2.90. The molecule has 3 rings (SSSR count). The van der Waals surface area contributed by atoms with Crippen LogP contribution in [0, 0.1) is 0 Å². The van der Waals surface area contributed by atoms with E-state index >= 15 is 0 Å². The maximum Gasteiger partial charge on any atom is 0.266 e. The quantitative estimate of drug-likeness (QED) is 0.822. The molecule has 2 aliphatic heterocycles. The van der Waals surface area contributed by atoms with Gasteiger partial charge in [-0.1, -0.05) is 25.1 Å². The largest absolute Gasteiger partial charge is 0.313 e. The van der Waals surface area contributed by atoms with Gasteiger partial charge in [0.25, 0.3) is 5.91 Å². The first-order chi connectivity index (χ1) is 8.62. The Labute approximate surface area is 106 Å². The zero-order chi connectivity index (χ0) is 12.8. The molecule has 2 atom stereocenters. The third-order valence-corrected chi connectivity index (χ3v) is 3.95. The van der Waals surface area contributed by atoms with Crippen molar-refractivity contribution in [3.8, 4) is 0 Å². The van der Waals surface area contributed by atoms with Crippen molar-refractivity contribution >= 4 is 11.6 Å². The van der Waals surface area contributed by atoms with Crippen LogP contribution >= 0.6 is 0 Å². The molecule has 0 unspecified atom stereocenters. The molecule has 1 aromatic carbocycles. The molecule has 0 aliphatic carbocycles. The van der Waals surface area contributed by atoms with Gasteiger partial charge in [-0.2, -0.15) is 0 Å². The highest BCUT2D eigenvalue weighted by Gasteiger charge is 2.46. The van der Waals surface area contributed by atoms with Gasteiger partial charge in [0.1, 0.15) is 0 Å². The van der Waals surface area contributed by atoms with Gasteiger partial charge >= 0.3 is 0 Å². The molecule has 1 N–H and O–H groups in total. The molecule has 0 radical (unpaired) electrons. The van der Waals surface area contributed by atoms with Crippen molar-refractivity contribution in [1.82, 2.24) is 5.32 Å². The van der Waals surface area contributed by atoms with Crippen LogP contribution in [0.1, 0.15) is 24.8 Å². The second kappa shape index (κ2) is 4.05. The molecule has 4 heteroatoms. The summed E-state index contributed by atoms with van der Waals surface area (Å²) in [7, 11) is 0. The van der Waals surface area contributed by atoms with Crippen molar-refractivity contribution in [1.29, 1.82) is 0 Å². The minimum Gasteiger partial charge on any atom is -0.313 e. The molecule has 2 heterocycles. The van der Waals surface area contributed by atoms with Crippen LogP contribution < -0.4 is 10.2 Å². The summed E-state index contributed by atoms with van der Waals surface area (Å²) < 4.78 is 14.5. The van der Waals surface area contributed by atoms with Crippen LogP contribution in [0.25, 0.3) is 0 Å². The molecule has 2 aliphatic rings. The maximum absolute atomic E-state index is 14.5. The van der Waals surface area contributed by atoms with E-state index in [9.17, 15) is 9.18 Å². The maximum atomic E-state index is 14.5. The van der Waals surface area contributed by atoms with Crippen LogP contribution in [0.2, 0.25) is 0 Å². The Hall–Kier alpha value is -1.42. The number of hydrogen-bond acceptors (Lipinski definition) is 2. The molecule has 1 saturated heterocycles.